The molecule has 4 rings (SSSR count). The average Bonchev–Trinajstić information content (AvgIpc) is 2.75. The van der Waals surface area contributed by atoms with Crippen molar-refractivity contribution < 1.29 is 10.2 Å². The molecule has 0 bridgehead atoms. The predicted octanol–water partition coefficient (Wildman–Crippen LogP) is 7.37. The van der Waals surface area contributed by atoms with E-state index in [0.29, 0.717) is 0 Å². The molecule has 2 heteroatoms. The van der Waals surface area contributed by atoms with E-state index in [9.17, 15) is 10.2 Å². The van der Waals surface area contributed by atoms with Gasteiger partial charge >= 0.3 is 0 Å². The Balaban J connectivity index is 1.95. The van der Waals surface area contributed by atoms with Gasteiger partial charge in [0.2, 0.25) is 0 Å². The lowest BCUT2D eigenvalue weighted by Crippen LogP contribution is -2.22. The van der Waals surface area contributed by atoms with Crippen molar-refractivity contribution >= 4 is 0 Å². The molecule has 0 aromatic heterocycles. The molecule has 0 aliphatic heterocycles. The van der Waals surface area contributed by atoms with Crippen LogP contribution in [0.3, 0.4) is 0 Å². The summed E-state index contributed by atoms with van der Waals surface area (Å²) in [7, 11) is 0. The van der Waals surface area contributed by atoms with Crippen molar-refractivity contribution in [3.05, 3.63) is 107 Å². The zero-order valence-electron chi connectivity index (χ0n) is 18.5. The summed E-state index contributed by atoms with van der Waals surface area (Å²) in [5.74, 6) is 0.540. The number of hydrogen-bond acceptors (Lipinski definition) is 2. The third-order valence-electron chi connectivity index (χ3n) is 6.20. The van der Waals surface area contributed by atoms with Crippen LogP contribution in [0.2, 0.25) is 0 Å². The first-order valence-electron chi connectivity index (χ1n) is 10.6. The zero-order valence-corrected chi connectivity index (χ0v) is 18.5. The SMILES string of the molecule is Cc1cccc(C(C)(C)c2cccc(C)c2-c2ccc(O)cc2)c1-c1ccc(O)cc1. The van der Waals surface area contributed by atoms with Crippen LogP contribution in [-0.4, -0.2) is 10.2 Å². The van der Waals surface area contributed by atoms with Gasteiger partial charge in [-0.25, -0.2) is 0 Å². The molecule has 31 heavy (non-hydrogen) atoms. The fraction of sp³-hybridized carbons (Fsp3) is 0.172. The zero-order chi connectivity index (χ0) is 22.2. The molecule has 0 atom stereocenters. The molecule has 0 heterocycles. The van der Waals surface area contributed by atoms with E-state index in [2.05, 4.69) is 64.1 Å². The van der Waals surface area contributed by atoms with E-state index in [1.807, 2.05) is 24.3 Å². The highest BCUT2D eigenvalue weighted by molar-refractivity contribution is 5.78. The second-order valence-corrected chi connectivity index (χ2v) is 8.71. The van der Waals surface area contributed by atoms with Gasteiger partial charge in [0.1, 0.15) is 11.5 Å². The monoisotopic (exact) mass is 408 g/mol. The highest BCUT2D eigenvalue weighted by Crippen LogP contribution is 2.44. The third kappa shape index (κ3) is 3.82. The standard InChI is InChI=1S/C29H28O2/c1-19-7-5-9-25(27(19)21-11-15-23(30)16-12-21)29(3,4)26-10-6-8-20(2)28(26)22-13-17-24(31)18-14-22/h5-18,30-31H,1-4H3. The van der Waals surface area contributed by atoms with Crippen LogP contribution in [0.5, 0.6) is 11.5 Å². The highest BCUT2D eigenvalue weighted by atomic mass is 16.3. The Morgan fingerprint density at radius 1 is 0.516 bits per heavy atom. The van der Waals surface area contributed by atoms with Crippen LogP contribution in [0.1, 0.15) is 36.1 Å². The predicted molar refractivity (Wildman–Crippen MR) is 129 cm³/mol. The maximum absolute atomic E-state index is 9.77. The molecular formula is C29H28O2. The van der Waals surface area contributed by atoms with Gasteiger partial charge in [-0.2, -0.15) is 0 Å². The molecule has 0 spiro atoms. The topological polar surface area (TPSA) is 40.5 Å². The Labute approximate surface area is 184 Å². The minimum absolute atomic E-state index is 0.270. The molecule has 0 fully saturated rings. The number of hydrogen-bond donors (Lipinski definition) is 2. The number of aromatic hydroxyl groups is 2. The molecule has 0 radical (unpaired) electrons. The maximum atomic E-state index is 9.77. The first kappa shape index (κ1) is 20.7. The van der Waals surface area contributed by atoms with Crippen molar-refractivity contribution in [1.82, 2.24) is 0 Å². The van der Waals surface area contributed by atoms with Gasteiger partial charge in [0.25, 0.3) is 0 Å². The van der Waals surface area contributed by atoms with Crippen LogP contribution < -0.4 is 0 Å². The van der Waals surface area contributed by atoms with Crippen molar-refractivity contribution in [3.63, 3.8) is 0 Å². The van der Waals surface area contributed by atoms with Crippen LogP contribution in [-0.2, 0) is 5.41 Å². The van der Waals surface area contributed by atoms with E-state index < -0.39 is 0 Å². The second-order valence-electron chi connectivity index (χ2n) is 8.71. The summed E-state index contributed by atoms with van der Waals surface area (Å²) < 4.78 is 0. The quantitative estimate of drug-likeness (QED) is 0.370. The van der Waals surface area contributed by atoms with Crippen LogP contribution >= 0.6 is 0 Å². The van der Waals surface area contributed by atoms with E-state index in [1.165, 1.54) is 33.4 Å². The molecule has 4 aromatic carbocycles. The first-order chi connectivity index (χ1) is 14.8. The van der Waals surface area contributed by atoms with Crippen molar-refractivity contribution in [3.8, 4) is 33.8 Å². The Kier molecular flexibility index (Phi) is 5.32. The van der Waals surface area contributed by atoms with Gasteiger partial charge in [0.05, 0.1) is 0 Å². The van der Waals surface area contributed by atoms with Crippen molar-refractivity contribution in [2.45, 2.75) is 33.1 Å². The Morgan fingerprint density at radius 3 is 1.23 bits per heavy atom. The van der Waals surface area contributed by atoms with Gasteiger partial charge in [0.15, 0.2) is 0 Å². The molecule has 0 saturated heterocycles. The molecular weight excluding hydrogens is 380 g/mol. The fourth-order valence-electron chi connectivity index (χ4n) is 4.54. The largest absolute Gasteiger partial charge is 0.508 e. The summed E-state index contributed by atoms with van der Waals surface area (Å²) in [6.07, 6.45) is 0. The van der Waals surface area contributed by atoms with Gasteiger partial charge in [0, 0.05) is 5.41 Å². The smallest absolute Gasteiger partial charge is 0.115 e. The van der Waals surface area contributed by atoms with Crippen LogP contribution in [0.4, 0.5) is 0 Å². The summed E-state index contributed by atoms with van der Waals surface area (Å²) >= 11 is 0. The van der Waals surface area contributed by atoms with Gasteiger partial charge < -0.3 is 10.2 Å². The lowest BCUT2D eigenvalue weighted by Gasteiger charge is -2.32. The minimum atomic E-state index is -0.279. The van der Waals surface area contributed by atoms with Gasteiger partial charge in [-0.15, -0.1) is 0 Å². The molecule has 156 valence electrons. The van der Waals surface area contributed by atoms with Crippen LogP contribution in [0.25, 0.3) is 22.3 Å². The molecule has 0 saturated carbocycles. The molecule has 0 aliphatic carbocycles. The van der Waals surface area contributed by atoms with Crippen molar-refractivity contribution in [1.29, 1.82) is 0 Å². The number of aryl methyl sites for hydroxylation is 2. The lowest BCUT2D eigenvalue weighted by atomic mass is 9.71. The minimum Gasteiger partial charge on any atom is -0.508 e. The van der Waals surface area contributed by atoms with Gasteiger partial charge in [-0.05, 0) is 82.6 Å². The highest BCUT2D eigenvalue weighted by Gasteiger charge is 2.30. The third-order valence-corrected chi connectivity index (χ3v) is 6.20. The Bertz CT molecular complexity index is 1120. The van der Waals surface area contributed by atoms with Crippen molar-refractivity contribution in [2.75, 3.05) is 0 Å². The Hall–Kier alpha value is -3.52. The number of phenols is 2. The van der Waals surface area contributed by atoms with E-state index >= 15 is 0 Å². The van der Waals surface area contributed by atoms with E-state index in [4.69, 9.17) is 0 Å². The van der Waals surface area contributed by atoms with Crippen molar-refractivity contribution in [2.24, 2.45) is 0 Å². The van der Waals surface area contributed by atoms with E-state index in [1.54, 1.807) is 24.3 Å². The number of benzene rings is 4. The molecule has 0 aliphatic rings. The van der Waals surface area contributed by atoms with E-state index in [-0.39, 0.29) is 16.9 Å². The maximum Gasteiger partial charge on any atom is 0.115 e. The van der Waals surface area contributed by atoms with Gasteiger partial charge in [-0.3, -0.25) is 0 Å². The van der Waals surface area contributed by atoms with Crippen LogP contribution in [0, 0.1) is 13.8 Å². The summed E-state index contributed by atoms with van der Waals surface area (Å²) in [4.78, 5) is 0. The van der Waals surface area contributed by atoms with Gasteiger partial charge in [-0.1, -0.05) is 74.5 Å². The molecule has 0 amide bonds. The molecule has 2 nitrogen and oxygen atoms in total. The molecule has 4 aromatic rings. The van der Waals surface area contributed by atoms with E-state index in [0.717, 1.165) is 11.1 Å². The second kappa shape index (κ2) is 7.96. The summed E-state index contributed by atoms with van der Waals surface area (Å²) in [5, 5.41) is 19.5. The van der Waals surface area contributed by atoms with Crippen LogP contribution in [0.15, 0.2) is 84.9 Å². The first-order valence-corrected chi connectivity index (χ1v) is 10.6. The molecule has 2 N–H and O–H groups in total. The summed E-state index contributed by atoms with van der Waals surface area (Å²) in [6, 6.07) is 27.8. The normalized spacial score (nSPS) is 11.5. The number of rotatable bonds is 4. The fourth-order valence-corrected chi connectivity index (χ4v) is 4.54. The Morgan fingerprint density at radius 2 is 0.871 bits per heavy atom. The summed E-state index contributed by atoms with van der Waals surface area (Å²) in [5.41, 5.74) is 9.20. The lowest BCUT2D eigenvalue weighted by molar-refractivity contribution is 0.475. The summed E-state index contributed by atoms with van der Waals surface area (Å²) in [6.45, 7) is 8.81. The number of phenolic OH excluding ortho intramolecular Hbond substituents is 2. The average molecular weight is 409 g/mol. The molecule has 0 unspecified atom stereocenters.